The molecule has 1 fully saturated rings. The Kier molecular flexibility index (Phi) is 0.798. The summed E-state index contributed by atoms with van der Waals surface area (Å²) in [7, 11) is 0. The standard InChI is InChI=1S/C6H10F2/c1-4-5(2,3)6(4,7)8/h4H,1-3H3/t4-/m0/s1. The number of alkyl halides is 2. The van der Waals surface area contributed by atoms with E-state index in [1.54, 1.807) is 20.8 Å². The van der Waals surface area contributed by atoms with Crippen LogP contribution in [0.15, 0.2) is 0 Å². The molecule has 0 amide bonds. The van der Waals surface area contributed by atoms with Gasteiger partial charge in [0.25, 0.3) is 5.92 Å². The highest BCUT2D eigenvalue weighted by Crippen LogP contribution is 2.64. The third-order valence-electron chi connectivity index (χ3n) is 2.40. The van der Waals surface area contributed by atoms with Crippen LogP contribution in [0.3, 0.4) is 0 Å². The number of halogens is 2. The van der Waals surface area contributed by atoms with Gasteiger partial charge in [0.2, 0.25) is 0 Å². The van der Waals surface area contributed by atoms with Gasteiger partial charge in [0.05, 0.1) is 0 Å². The minimum atomic E-state index is -2.40. The molecule has 0 spiro atoms. The van der Waals surface area contributed by atoms with Gasteiger partial charge < -0.3 is 0 Å². The lowest BCUT2D eigenvalue weighted by Crippen LogP contribution is -1.99. The van der Waals surface area contributed by atoms with E-state index in [1.165, 1.54) is 0 Å². The maximum atomic E-state index is 12.3. The first kappa shape index (κ1) is 5.99. The summed E-state index contributed by atoms with van der Waals surface area (Å²) in [5, 5.41) is 0. The summed E-state index contributed by atoms with van der Waals surface area (Å²) in [5.74, 6) is -2.82. The van der Waals surface area contributed by atoms with Gasteiger partial charge in [-0.1, -0.05) is 20.8 Å². The smallest absolute Gasteiger partial charge is 0.206 e. The van der Waals surface area contributed by atoms with Gasteiger partial charge in [0.1, 0.15) is 0 Å². The molecule has 1 aliphatic carbocycles. The Bertz CT molecular complexity index is 102. The maximum Gasteiger partial charge on any atom is 0.256 e. The maximum absolute atomic E-state index is 12.3. The van der Waals surface area contributed by atoms with Crippen molar-refractivity contribution in [3.05, 3.63) is 0 Å². The minimum Gasteiger partial charge on any atom is -0.206 e. The van der Waals surface area contributed by atoms with Crippen LogP contribution in [0.1, 0.15) is 20.8 Å². The second-order valence-electron chi connectivity index (χ2n) is 3.07. The topological polar surface area (TPSA) is 0 Å². The molecule has 0 aromatic heterocycles. The first-order valence-corrected chi connectivity index (χ1v) is 2.78. The van der Waals surface area contributed by atoms with Crippen LogP contribution < -0.4 is 0 Å². The van der Waals surface area contributed by atoms with E-state index in [0.29, 0.717) is 0 Å². The van der Waals surface area contributed by atoms with Crippen molar-refractivity contribution in [2.75, 3.05) is 0 Å². The second kappa shape index (κ2) is 1.07. The fourth-order valence-electron chi connectivity index (χ4n) is 0.898. The molecule has 0 bridgehead atoms. The molecule has 0 aromatic rings. The largest absolute Gasteiger partial charge is 0.256 e. The predicted octanol–water partition coefficient (Wildman–Crippen LogP) is 2.30. The lowest BCUT2D eigenvalue weighted by Gasteiger charge is -1.96. The van der Waals surface area contributed by atoms with Crippen LogP contribution in [0.2, 0.25) is 0 Å². The summed E-state index contributed by atoms with van der Waals surface area (Å²) < 4.78 is 24.6. The molecule has 1 saturated carbocycles. The molecule has 0 heterocycles. The van der Waals surface area contributed by atoms with E-state index >= 15 is 0 Å². The Morgan fingerprint density at radius 1 is 1.25 bits per heavy atom. The highest BCUT2D eigenvalue weighted by atomic mass is 19.3. The number of hydrogen-bond acceptors (Lipinski definition) is 0. The van der Waals surface area contributed by atoms with Crippen molar-refractivity contribution in [2.45, 2.75) is 26.7 Å². The first-order chi connectivity index (χ1) is 3.40. The van der Waals surface area contributed by atoms with E-state index in [9.17, 15) is 8.78 Å². The van der Waals surface area contributed by atoms with E-state index in [2.05, 4.69) is 0 Å². The monoisotopic (exact) mass is 120 g/mol. The fourth-order valence-corrected chi connectivity index (χ4v) is 0.898. The molecule has 48 valence electrons. The molecule has 0 aliphatic heterocycles. The Balaban J connectivity index is 2.72. The molecule has 0 N–H and O–H groups in total. The van der Waals surface area contributed by atoms with Gasteiger partial charge in [0, 0.05) is 11.3 Å². The highest BCUT2D eigenvalue weighted by Gasteiger charge is 2.72. The van der Waals surface area contributed by atoms with Crippen LogP contribution in [0, 0.1) is 11.3 Å². The molecule has 1 rings (SSSR count). The normalized spacial score (nSPS) is 39.4. The van der Waals surface area contributed by atoms with Gasteiger partial charge in [-0.05, 0) is 0 Å². The fraction of sp³-hybridized carbons (Fsp3) is 1.00. The summed E-state index contributed by atoms with van der Waals surface area (Å²) in [6.07, 6.45) is 0. The lowest BCUT2D eigenvalue weighted by molar-refractivity contribution is 0.0682. The van der Waals surface area contributed by atoms with Crippen molar-refractivity contribution in [1.29, 1.82) is 0 Å². The van der Waals surface area contributed by atoms with Gasteiger partial charge in [-0.2, -0.15) is 0 Å². The average molecular weight is 120 g/mol. The molecule has 0 radical (unpaired) electrons. The molecule has 1 atom stereocenters. The van der Waals surface area contributed by atoms with Crippen LogP contribution in [-0.4, -0.2) is 5.92 Å². The van der Waals surface area contributed by atoms with Crippen LogP contribution in [0.5, 0.6) is 0 Å². The number of rotatable bonds is 0. The predicted molar refractivity (Wildman–Crippen MR) is 27.9 cm³/mol. The average Bonchev–Trinajstić information content (AvgIpc) is 1.88. The van der Waals surface area contributed by atoms with E-state index in [4.69, 9.17) is 0 Å². The Morgan fingerprint density at radius 3 is 1.38 bits per heavy atom. The lowest BCUT2D eigenvalue weighted by atomic mass is 10.1. The summed E-state index contributed by atoms with van der Waals surface area (Å²) in [6.45, 7) is 4.77. The van der Waals surface area contributed by atoms with Crippen molar-refractivity contribution in [2.24, 2.45) is 11.3 Å². The third kappa shape index (κ3) is 0.389. The Hall–Kier alpha value is -0.140. The summed E-state index contributed by atoms with van der Waals surface area (Å²) in [6, 6.07) is 0. The quantitative estimate of drug-likeness (QED) is 0.460. The molecule has 2 heteroatoms. The zero-order valence-electron chi connectivity index (χ0n) is 5.33. The molecule has 0 unspecified atom stereocenters. The SMILES string of the molecule is C[C@H]1C(C)(C)C1(F)F. The Labute approximate surface area is 47.9 Å². The van der Waals surface area contributed by atoms with Gasteiger partial charge in [-0.25, -0.2) is 8.78 Å². The molecule has 0 saturated heterocycles. The van der Waals surface area contributed by atoms with E-state index in [0.717, 1.165) is 0 Å². The van der Waals surface area contributed by atoms with Crippen LogP contribution in [-0.2, 0) is 0 Å². The molecular weight excluding hydrogens is 110 g/mol. The van der Waals surface area contributed by atoms with Gasteiger partial charge in [-0.3, -0.25) is 0 Å². The minimum absolute atomic E-state index is 0.421. The molecule has 0 aromatic carbocycles. The van der Waals surface area contributed by atoms with Crippen molar-refractivity contribution < 1.29 is 8.78 Å². The van der Waals surface area contributed by atoms with E-state index in [-0.39, 0.29) is 0 Å². The third-order valence-corrected chi connectivity index (χ3v) is 2.40. The van der Waals surface area contributed by atoms with E-state index in [1.807, 2.05) is 0 Å². The first-order valence-electron chi connectivity index (χ1n) is 2.78. The Morgan fingerprint density at radius 2 is 1.38 bits per heavy atom. The summed E-state index contributed by atoms with van der Waals surface area (Å²) in [5.41, 5.74) is -0.729. The van der Waals surface area contributed by atoms with Crippen LogP contribution in [0.4, 0.5) is 8.78 Å². The zero-order chi connectivity index (χ0) is 6.58. The highest BCUT2D eigenvalue weighted by molar-refractivity contribution is 5.10. The van der Waals surface area contributed by atoms with Crippen LogP contribution in [0.25, 0.3) is 0 Å². The molecule has 1 aliphatic rings. The molecular formula is C6H10F2. The van der Waals surface area contributed by atoms with Gasteiger partial charge in [-0.15, -0.1) is 0 Å². The molecule has 0 nitrogen and oxygen atoms in total. The second-order valence-corrected chi connectivity index (χ2v) is 3.07. The van der Waals surface area contributed by atoms with Crippen molar-refractivity contribution >= 4 is 0 Å². The number of hydrogen-bond donors (Lipinski definition) is 0. The summed E-state index contributed by atoms with van der Waals surface area (Å²) in [4.78, 5) is 0. The van der Waals surface area contributed by atoms with Gasteiger partial charge >= 0.3 is 0 Å². The van der Waals surface area contributed by atoms with Gasteiger partial charge in [0.15, 0.2) is 0 Å². The molecule has 8 heavy (non-hydrogen) atoms. The van der Waals surface area contributed by atoms with Crippen molar-refractivity contribution in [3.8, 4) is 0 Å². The van der Waals surface area contributed by atoms with Crippen molar-refractivity contribution in [3.63, 3.8) is 0 Å². The van der Waals surface area contributed by atoms with E-state index < -0.39 is 17.3 Å². The zero-order valence-corrected chi connectivity index (χ0v) is 5.33. The van der Waals surface area contributed by atoms with Crippen LogP contribution >= 0.6 is 0 Å². The summed E-state index contributed by atoms with van der Waals surface area (Å²) >= 11 is 0. The van der Waals surface area contributed by atoms with Crippen molar-refractivity contribution in [1.82, 2.24) is 0 Å².